The van der Waals surface area contributed by atoms with Gasteiger partial charge in [0.2, 0.25) is 0 Å². The van der Waals surface area contributed by atoms with Crippen molar-refractivity contribution >= 4 is 5.78 Å². The maximum Gasteiger partial charge on any atom is 0.133 e. The van der Waals surface area contributed by atoms with E-state index in [1.807, 2.05) is 0 Å². The Bertz CT molecular complexity index is 288. The molecule has 0 saturated heterocycles. The lowest BCUT2D eigenvalue weighted by molar-refractivity contribution is -0.118. The molecule has 1 saturated carbocycles. The molecular weight excluding hydrogens is 198 g/mol. The fourth-order valence-corrected chi connectivity index (χ4v) is 2.28. The fourth-order valence-electron chi connectivity index (χ4n) is 2.28. The van der Waals surface area contributed by atoms with Gasteiger partial charge in [-0.25, -0.2) is 0 Å². The van der Waals surface area contributed by atoms with Gasteiger partial charge >= 0.3 is 0 Å². The molecule has 0 radical (unpaired) electrons. The van der Waals surface area contributed by atoms with Crippen LogP contribution in [0.5, 0.6) is 0 Å². The second-order valence-electron chi connectivity index (χ2n) is 6.27. The largest absolute Gasteiger partial charge is 0.330 e. The first-order chi connectivity index (χ1) is 7.29. The van der Waals surface area contributed by atoms with Crippen LogP contribution in [0.4, 0.5) is 0 Å². The molecule has 0 heterocycles. The van der Waals surface area contributed by atoms with Crippen molar-refractivity contribution in [3.63, 3.8) is 0 Å². The molecule has 1 rings (SSSR count). The second kappa shape index (κ2) is 4.70. The maximum atomic E-state index is 11.4. The van der Waals surface area contributed by atoms with E-state index in [1.54, 1.807) is 0 Å². The molecular formula is C14H25NO. The molecule has 1 aliphatic carbocycles. The van der Waals surface area contributed by atoms with Crippen LogP contribution in [-0.2, 0) is 4.79 Å². The van der Waals surface area contributed by atoms with Crippen LogP contribution >= 0.6 is 0 Å². The molecule has 0 aliphatic heterocycles. The highest BCUT2D eigenvalue weighted by Crippen LogP contribution is 2.41. The molecule has 0 spiro atoms. The van der Waals surface area contributed by atoms with Gasteiger partial charge in [0.15, 0.2) is 0 Å². The van der Waals surface area contributed by atoms with Gasteiger partial charge in [0.25, 0.3) is 0 Å². The van der Waals surface area contributed by atoms with Crippen molar-refractivity contribution in [1.29, 1.82) is 0 Å². The number of carbonyl (C=O) groups excluding carboxylic acids is 1. The molecule has 2 heteroatoms. The highest BCUT2D eigenvalue weighted by atomic mass is 16.1. The van der Waals surface area contributed by atoms with Gasteiger partial charge < -0.3 is 5.73 Å². The average molecular weight is 223 g/mol. The molecule has 0 aromatic carbocycles. The van der Waals surface area contributed by atoms with Gasteiger partial charge in [-0.2, -0.15) is 0 Å². The lowest BCUT2D eigenvalue weighted by atomic mass is 9.76. The smallest absolute Gasteiger partial charge is 0.133 e. The van der Waals surface area contributed by atoms with Crippen molar-refractivity contribution in [2.45, 2.75) is 52.9 Å². The highest BCUT2D eigenvalue weighted by Gasteiger charge is 2.37. The van der Waals surface area contributed by atoms with E-state index in [1.165, 1.54) is 5.57 Å². The number of rotatable bonds is 4. The molecule has 1 atom stereocenters. The van der Waals surface area contributed by atoms with Crippen molar-refractivity contribution in [3.05, 3.63) is 12.2 Å². The number of allylic oxidation sites excluding steroid dienone is 1. The van der Waals surface area contributed by atoms with Crippen LogP contribution in [0.15, 0.2) is 12.2 Å². The first-order valence-corrected chi connectivity index (χ1v) is 6.19. The van der Waals surface area contributed by atoms with Crippen molar-refractivity contribution in [3.8, 4) is 0 Å². The van der Waals surface area contributed by atoms with Gasteiger partial charge in [0.05, 0.1) is 0 Å². The van der Waals surface area contributed by atoms with Gasteiger partial charge in [-0.15, -0.1) is 0 Å². The summed E-state index contributed by atoms with van der Waals surface area (Å²) in [6.45, 7) is 11.3. The van der Waals surface area contributed by atoms with Crippen molar-refractivity contribution in [1.82, 2.24) is 0 Å². The van der Waals surface area contributed by atoms with Crippen LogP contribution in [0.3, 0.4) is 0 Å². The number of carbonyl (C=O) groups is 1. The van der Waals surface area contributed by atoms with E-state index in [-0.39, 0.29) is 10.8 Å². The van der Waals surface area contributed by atoms with Crippen molar-refractivity contribution in [2.24, 2.45) is 16.6 Å². The first-order valence-electron chi connectivity index (χ1n) is 6.19. The van der Waals surface area contributed by atoms with Crippen LogP contribution in [0.25, 0.3) is 0 Å². The van der Waals surface area contributed by atoms with E-state index in [9.17, 15) is 4.79 Å². The zero-order valence-corrected chi connectivity index (χ0v) is 10.9. The molecule has 0 aromatic rings. The zero-order valence-electron chi connectivity index (χ0n) is 10.9. The summed E-state index contributed by atoms with van der Waals surface area (Å²) in [4.78, 5) is 11.4. The Morgan fingerprint density at radius 2 is 2.12 bits per heavy atom. The normalized spacial score (nSPS) is 26.1. The molecule has 92 valence electrons. The highest BCUT2D eigenvalue weighted by molar-refractivity contribution is 5.81. The molecule has 16 heavy (non-hydrogen) atoms. The summed E-state index contributed by atoms with van der Waals surface area (Å²) < 4.78 is 0. The number of nitrogens with two attached hydrogens (primary N) is 1. The summed E-state index contributed by atoms with van der Waals surface area (Å²) in [5, 5.41) is 0. The minimum absolute atomic E-state index is 0.0747. The Labute approximate surface area is 99.3 Å². The fraction of sp³-hybridized carbons (Fsp3) is 0.786. The minimum Gasteiger partial charge on any atom is -0.330 e. The molecule has 2 nitrogen and oxygen atoms in total. The van der Waals surface area contributed by atoms with Crippen LogP contribution in [0.1, 0.15) is 52.9 Å². The van der Waals surface area contributed by atoms with Crippen LogP contribution in [0, 0.1) is 10.8 Å². The summed E-state index contributed by atoms with van der Waals surface area (Å²) in [7, 11) is 0. The third-order valence-corrected chi connectivity index (χ3v) is 3.96. The SMILES string of the molecule is C=C(CCC1(CN)CCC(=O)C1)C(C)(C)C. The van der Waals surface area contributed by atoms with Crippen LogP contribution < -0.4 is 5.73 Å². The average Bonchev–Trinajstić information content (AvgIpc) is 2.56. The van der Waals surface area contributed by atoms with Gasteiger partial charge in [0, 0.05) is 12.8 Å². The Hall–Kier alpha value is -0.630. The van der Waals surface area contributed by atoms with Gasteiger partial charge in [-0.05, 0) is 36.6 Å². The van der Waals surface area contributed by atoms with E-state index in [4.69, 9.17) is 5.73 Å². The summed E-state index contributed by atoms with van der Waals surface area (Å²) in [6, 6.07) is 0. The standard InChI is InChI=1S/C14H25NO/c1-11(13(2,3)4)5-7-14(10-15)8-6-12(16)9-14/h1,5-10,15H2,2-4H3. The maximum absolute atomic E-state index is 11.4. The van der Waals surface area contributed by atoms with E-state index < -0.39 is 0 Å². The first kappa shape index (κ1) is 13.4. The van der Waals surface area contributed by atoms with Crippen molar-refractivity contribution < 1.29 is 4.79 Å². The molecule has 2 N–H and O–H groups in total. The van der Waals surface area contributed by atoms with E-state index >= 15 is 0 Å². The summed E-state index contributed by atoms with van der Waals surface area (Å²) >= 11 is 0. The Kier molecular flexibility index (Phi) is 3.95. The molecule has 0 bridgehead atoms. The summed E-state index contributed by atoms with van der Waals surface area (Å²) in [5.74, 6) is 0.381. The third-order valence-electron chi connectivity index (χ3n) is 3.96. The Morgan fingerprint density at radius 3 is 2.50 bits per heavy atom. The number of ketones is 1. The Balaban J connectivity index is 2.53. The summed E-state index contributed by atoms with van der Waals surface area (Å²) in [6.07, 6.45) is 4.39. The number of Topliss-reactive ketones (excluding diaryl/α,β-unsaturated/α-hetero) is 1. The second-order valence-corrected chi connectivity index (χ2v) is 6.27. The molecule has 0 aromatic heterocycles. The lowest BCUT2D eigenvalue weighted by Crippen LogP contribution is -2.28. The van der Waals surface area contributed by atoms with Gasteiger partial charge in [-0.3, -0.25) is 4.79 Å². The zero-order chi connectivity index (χ0) is 12.4. The minimum atomic E-state index is 0.0747. The number of hydrogen-bond donors (Lipinski definition) is 1. The van der Waals surface area contributed by atoms with Crippen LogP contribution in [0.2, 0.25) is 0 Å². The number of hydrogen-bond acceptors (Lipinski definition) is 2. The quantitative estimate of drug-likeness (QED) is 0.744. The third kappa shape index (κ3) is 3.18. The Morgan fingerprint density at radius 1 is 1.50 bits per heavy atom. The predicted molar refractivity (Wildman–Crippen MR) is 68.2 cm³/mol. The summed E-state index contributed by atoms with van der Waals surface area (Å²) in [5.41, 5.74) is 7.35. The van der Waals surface area contributed by atoms with Gasteiger partial charge in [-0.1, -0.05) is 32.9 Å². The molecule has 1 aliphatic rings. The van der Waals surface area contributed by atoms with E-state index in [0.29, 0.717) is 18.7 Å². The lowest BCUT2D eigenvalue weighted by Gasteiger charge is -2.29. The van der Waals surface area contributed by atoms with E-state index in [0.717, 1.165) is 25.7 Å². The molecule has 1 fully saturated rings. The van der Waals surface area contributed by atoms with Crippen LogP contribution in [-0.4, -0.2) is 12.3 Å². The van der Waals surface area contributed by atoms with Crippen molar-refractivity contribution in [2.75, 3.05) is 6.54 Å². The molecule has 0 amide bonds. The monoisotopic (exact) mass is 223 g/mol. The topological polar surface area (TPSA) is 43.1 Å². The predicted octanol–water partition coefficient (Wildman–Crippen LogP) is 3.07. The van der Waals surface area contributed by atoms with E-state index in [2.05, 4.69) is 27.4 Å². The van der Waals surface area contributed by atoms with Gasteiger partial charge in [0.1, 0.15) is 5.78 Å². The molecule has 1 unspecified atom stereocenters.